The summed E-state index contributed by atoms with van der Waals surface area (Å²) >= 11 is 0. The molecule has 1 amide bonds. The number of nitrogens with one attached hydrogen (secondary N) is 1. The first-order chi connectivity index (χ1) is 4.90. The first-order valence-electron chi connectivity index (χ1n) is 3.06. The third-order valence-electron chi connectivity index (χ3n) is 1.13. The molecule has 0 aromatic rings. The van der Waals surface area contributed by atoms with Crippen molar-refractivity contribution in [1.29, 1.82) is 0 Å². The van der Waals surface area contributed by atoms with Gasteiger partial charge in [-0.3, -0.25) is 4.79 Å². The number of carbonyl (C=O) groups is 2. The van der Waals surface area contributed by atoms with E-state index in [0.29, 0.717) is 0 Å². The molecule has 0 atom stereocenters. The molecule has 0 saturated carbocycles. The molecular formula is C7H14N2O3. The molecule has 0 saturated heterocycles. The van der Waals surface area contributed by atoms with Gasteiger partial charge in [0.2, 0.25) is 5.91 Å². The summed E-state index contributed by atoms with van der Waals surface area (Å²) in [5.74, 6) is -1.85. The summed E-state index contributed by atoms with van der Waals surface area (Å²) in [5.41, 5.74) is -1.34. The van der Waals surface area contributed by atoms with Crippen molar-refractivity contribution in [2.45, 2.75) is 19.4 Å². The molecule has 0 heterocycles. The van der Waals surface area contributed by atoms with Gasteiger partial charge in [-0.1, -0.05) is 6.58 Å². The predicted octanol–water partition coefficient (Wildman–Crippen LogP) is -0.807. The molecular weight excluding hydrogens is 160 g/mol. The highest BCUT2D eigenvalue weighted by atomic mass is 16.4. The highest BCUT2D eigenvalue weighted by Crippen LogP contribution is 1.98. The maximum atomic E-state index is 10.6. The molecule has 0 spiro atoms. The molecule has 5 nitrogen and oxygen atoms in total. The number of quaternary nitrogens is 1. The highest BCUT2D eigenvalue weighted by Gasteiger charge is 2.19. The third-order valence-corrected chi connectivity index (χ3v) is 1.13. The van der Waals surface area contributed by atoms with Crippen LogP contribution in [-0.4, -0.2) is 17.4 Å². The number of rotatable bonds is 3. The van der Waals surface area contributed by atoms with Crippen LogP contribution >= 0.6 is 0 Å². The molecule has 0 rings (SSSR count). The number of carboxylic acid groups (broad SMARTS) is 1. The van der Waals surface area contributed by atoms with Crippen LogP contribution in [0, 0.1) is 0 Å². The fourth-order valence-corrected chi connectivity index (χ4v) is 0.410. The van der Waals surface area contributed by atoms with Crippen molar-refractivity contribution in [3.63, 3.8) is 0 Å². The zero-order valence-electron chi connectivity index (χ0n) is 7.51. The van der Waals surface area contributed by atoms with Gasteiger partial charge in [0.05, 0.1) is 11.5 Å². The van der Waals surface area contributed by atoms with E-state index < -0.39 is 17.4 Å². The number of carboxylic acids is 1. The van der Waals surface area contributed by atoms with Gasteiger partial charge in [0.25, 0.3) is 0 Å². The summed E-state index contributed by atoms with van der Waals surface area (Å²) in [5, 5.41) is 12.5. The molecule has 5 heteroatoms. The van der Waals surface area contributed by atoms with Crippen molar-refractivity contribution in [2.75, 3.05) is 0 Å². The van der Waals surface area contributed by atoms with Crippen molar-refractivity contribution >= 4 is 11.9 Å². The van der Waals surface area contributed by atoms with E-state index in [2.05, 4.69) is 11.9 Å². The Hall–Kier alpha value is -1.36. The Balaban J connectivity index is 0. The summed E-state index contributed by atoms with van der Waals surface area (Å²) in [6, 6.07) is 0. The summed E-state index contributed by atoms with van der Waals surface area (Å²) in [7, 11) is 0. The van der Waals surface area contributed by atoms with E-state index >= 15 is 0 Å². The van der Waals surface area contributed by atoms with Crippen LogP contribution < -0.4 is 16.6 Å². The fraction of sp³-hybridized carbons (Fsp3) is 0.429. The second-order valence-electron chi connectivity index (χ2n) is 2.61. The highest BCUT2D eigenvalue weighted by molar-refractivity contribution is 5.91. The molecule has 12 heavy (non-hydrogen) atoms. The van der Waals surface area contributed by atoms with Crippen LogP contribution in [0.2, 0.25) is 0 Å². The maximum Gasteiger partial charge on any atom is 0.244 e. The molecule has 5 N–H and O–H groups in total. The Labute approximate surface area is 71.0 Å². The van der Waals surface area contributed by atoms with E-state index in [-0.39, 0.29) is 6.15 Å². The topological polar surface area (TPSA) is 106 Å². The summed E-state index contributed by atoms with van der Waals surface area (Å²) < 4.78 is 0. The lowest BCUT2D eigenvalue weighted by atomic mass is 10.1. The minimum absolute atomic E-state index is 0. The lowest BCUT2D eigenvalue weighted by Gasteiger charge is -2.26. The van der Waals surface area contributed by atoms with Gasteiger partial charge in [0.1, 0.15) is 0 Å². The molecule has 0 radical (unpaired) electrons. The largest absolute Gasteiger partial charge is 0.548 e. The number of amides is 1. The quantitative estimate of drug-likeness (QED) is 0.546. The number of hydrogen-bond donors (Lipinski definition) is 2. The average Bonchev–Trinajstić information content (AvgIpc) is 1.86. The Morgan fingerprint density at radius 1 is 1.50 bits per heavy atom. The number of aliphatic carboxylic acids is 1. The van der Waals surface area contributed by atoms with Crippen molar-refractivity contribution in [1.82, 2.24) is 11.5 Å². The van der Waals surface area contributed by atoms with Gasteiger partial charge in [-0.25, -0.2) is 0 Å². The Bertz CT molecular complexity index is 199. The molecule has 0 unspecified atom stereocenters. The maximum absolute atomic E-state index is 10.6. The van der Waals surface area contributed by atoms with Gasteiger partial charge in [0, 0.05) is 0 Å². The van der Waals surface area contributed by atoms with Crippen LogP contribution in [0.1, 0.15) is 13.8 Å². The van der Waals surface area contributed by atoms with E-state index in [9.17, 15) is 14.7 Å². The van der Waals surface area contributed by atoms with E-state index in [0.717, 1.165) is 6.08 Å². The van der Waals surface area contributed by atoms with Gasteiger partial charge in [-0.15, -0.1) is 0 Å². The van der Waals surface area contributed by atoms with Gasteiger partial charge >= 0.3 is 0 Å². The van der Waals surface area contributed by atoms with Gasteiger partial charge < -0.3 is 21.4 Å². The molecule has 0 fully saturated rings. The summed E-state index contributed by atoms with van der Waals surface area (Å²) in [4.78, 5) is 20.9. The molecule has 0 aliphatic carbocycles. The lowest BCUT2D eigenvalue weighted by Crippen LogP contribution is -2.55. The Morgan fingerprint density at radius 3 is 2.17 bits per heavy atom. The SMILES string of the molecule is C=CC(=O)NC(C)(C)C(=O)[O-].[NH4+]. The Kier molecular flexibility index (Phi) is 4.97. The van der Waals surface area contributed by atoms with Crippen LogP contribution in [0.3, 0.4) is 0 Å². The zero-order chi connectivity index (χ0) is 9.07. The molecule has 0 aromatic heterocycles. The van der Waals surface area contributed by atoms with Crippen molar-refractivity contribution in [2.24, 2.45) is 0 Å². The van der Waals surface area contributed by atoms with E-state index in [1.54, 1.807) is 0 Å². The second-order valence-corrected chi connectivity index (χ2v) is 2.61. The van der Waals surface area contributed by atoms with Crippen LogP contribution in [0.15, 0.2) is 12.7 Å². The monoisotopic (exact) mass is 174 g/mol. The van der Waals surface area contributed by atoms with Crippen LogP contribution in [-0.2, 0) is 9.59 Å². The minimum atomic E-state index is -1.34. The molecule has 0 aliphatic rings. The van der Waals surface area contributed by atoms with Crippen LogP contribution in [0.5, 0.6) is 0 Å². The first kappa shape index (κ1) is 13.2. The molecule has 0 aliphatic heterocycles. The normalized spacial score (nSPS) is 9.50. The van der Waals surface area contributed by atoms with Crippen LogP contribution in [0.4, 0.5) is 0 Å². The minimum Gasteiger partial charge on any atom is -0.548 e. The van der Waals surface area contributed by atoms with Crippen molar-refractivity contribution < 1.29 is 14.7 Å². The average molecular weight is 174 g/mol. The van der Waals surface area contributed by atoms with E-state index in [1.165, 1.54) is 13.8 Å². The number of carbonyl (C=O) groups excluding carboxylic acids is 2. The third kappa shape index (κ3) is 3.72. The first-order valence-corrected chi connectivity index (χ1v) is 3.06. The van der Waals surface area contributed by atoms with Crippen LogP contribution in [0.25, 0.3) is 0 Å². The van der Waals surface area contributed by atoms with Gasteiger partial charge in [-0.2, -0.15) is 0 Å². The van der Waals surface area contributed by atoms with Crippen molar-refractivity contribution in [3.05, 3.63) is 12.7 Å². The lowest BCUT2D eigenvalue weighted by molar-refractivity contribution is -0.312. The van der Waals surface area contributed by atoms with Gasteiger partial charge in [-0.05, 0) is 19.9 Å². The van der Waals surface area contributed by atoms with E-state index in [4.69, 9.17) is 0 Å². The fourth-order valence-electron chi connectivity index (χ4n) is 0.410. The molecule has 0 bridgehead atoms. The summed E-state index contributed by atoms with van der Waals surface area (Å²) in [6.07, 6.45) is 1.00. The summed E-state index contributed by atoms with van der Waals surface area (Å²) in [6.45, 7) is 5.85. The zero-order valence-corrected chi connectivity index (χ0v) is 7.51. The second kappa shape index (κ2) is 4.50. The number of hydrogen-bond acceptors (Lipinski definition) is 3. The van der Waals surface area contributed by atoms with Gasteiger partial charge in [0.15, 0.2) is 0 Å². The molecule has 0 aromatic carbocycles. The van der Waals surface area contributed by atoms with E-state index in [1.807, 2.05) is 0 Å². The smallest absolute Gasteiger partial charge is 0.244 e. The standard InChI is InChI=1S/C7H11NO3.H3N/c1-4-5(9)8-7(2,3)6(10)11;/h4H,1H2,2-3H3,(H,8,9)(H,10,11);1H3. The predicted molar refractivity (Wildman–Crippen MR) is 43.4 cm³/mol. The Morgan fingerprint density at radius 2 is 1.92 bits per heavy atom. The molecule has 70 valence electrons. The van der Waals surface area contributed by atoms with Crippen molar-refractivity contribution in [3.8, 4) is 0 Å².